The molecule has 14 heavy (non-hydrogen) atoms. The summed E-state index contributed by atoms with van der Waals surface area (Å²) in [6.45, 7) is 1.92. The molecule has 0 aliphatic heterocycles. The molecule has 0 aliphatic carbocycles. The Hall–Kier alpha value is -1.03. The van der Waals surface area contributed by atoms with Gasteiger partial charge in [0.05, 0.1) is 21.3 Å². The zero-order chi connectivity index (χ0) is 10.7. The summed E-state index contributed by atoms with van der Waals surface area (Å²) >= 11 is 4.32. The summed E-state index contributed by atoms with van der Waals surface area (Å²) in [6.07, 6.45) is 0. The molecule has 0 saturated heterocycles. The normalized spacial score (nSPS) is 9.79. The zero-order valence-electron chi connectivity index (χ0n) is 8.75. The highest BCUT2D eigenvalue weighted by molar-refractivity contribution is 7.80. The van der Waals surface area contributed by atoms with Crippen molar-refractivity contribution in [2.45, 2.75) is 11.8 Å². The lowest BCUT2D eigenvalue weighted by atomic mass is 10.2. The highest BCUT2D eigenvalue weighted by Crippen LogP contribution is 2.42. The Morgan fingerprint density at radius 3 is 2.00 bits per heavy atom. The summed E-state index contributed by atoms with van der Waals surface area (Å²) in [4.78, 5) is 0.819. The number of benzene rings is 1. The van der Waals surface area contributed by atoms with Crippen molar-refractivity contribution in [2.24, 2.45) is 0 Å². The average Bonchev–Trinajstić information content (AvgIpc) is 2.20. The Balaban J connectivity index is 3.42. The van der Waals surface area contributed by atoms with Crippen LogP contribution in [0.15, 0.2) is 11.0 Å². The van der Waals surface area contributed by atoms with Crippen molar-refractivity contribution in [3.63, 3.8) is 0 Å². The Morgan fingerprint density at radius 1 is 1.00 bits per heavy atom. The maximum absolute atomic E-state index is 5.24. The molecule has 0 aromatic heterocycles. The van der Waals surface area contributed by atoms with E-state index >= 15 is 0 Å². The first-order chi connectivity index (χ1) is 6.65. The van der Waals surface area contributed by atoms with Crippen molar-refractivity contribution in [3.05, 3.63) is 11.6 Å². The lowest BCUT2D eigenvalue weighted by molar-refractivity contribution is 0.321. The van der Waals surface area contributed by atoms with Crippen molar-refractivity contribution in [1.82, 2.24) is 0 Å². The van der Waals surface area contributed by atoms with E-state index in [-0.39, 0.29) is 0 Å². The van der Waals surface area contributed by atoms with Crippen LogP contribution in [0.3, 0.4) is 0 Å². The first-order valence-corrected chi connectivity index (χ1v) is 4.59. The van der Waals surface area contributed by atoms with Crippen molar-refractivity contribution in [1.29, 1.82) is 0 Å². The third kappa shape index (κ3) is 1.75. The number of hydrogen-bond acceptors (Lipinski definition) is 4. The lowest BCUT2D eigenvalue weighted by Crippen LogP contribution is -1.97. The minimum absolute atomic E-state index is 0.602. The van der Waals surface area contributed by atoms with Crippen molar-refractivity contribution < 1.29 is 14.2 Å². The third-order valence-corrected chi connectivity index (χ3v) is 2.52. The minimum atomic E-state index is 0.602. The van der Waals surface area contributed by atoms with Gasteiger partial charge in [-0.2, -0.15) is 0 Å². The highest BCUT2D eigenvalue weighted by atomic mass is 32.1. The second-order valence-electron chi connectivity index (χ2n) is 2.79. The van der Waals surface area contributed by atoms with Crippen LogP contribution in [-0.4, -0.2) is 21.3 Å². The van der Waals surface area contributed by atoms with Crippen LogP contribution in [0, 0.1) is 6.92 Å². The molecule has 0 saturated carbocycles. The molecule has 1 rings (SSSR count). The van der Waals surface area contributed by atoms with E-state index in [4.69, 9.17) is 14.2 Å². The van der Waals surface area contributed by atoms with Gasteiger partial charge in [-0.15, -0.1) is 12.6 Å². The summed E-state index contributed by atoms with van der Waals surface area (Å²) < 4.78 is 15.6. The van der Waals surface area contributed by atoms with E-state index in [1.54, 1.807) is 27.4 Å². The van der Waals surface area contributed by atoms with E-state index in [1.807, 2.05) is 6.92 Å². The van der Waals surface area contributed by atoms with Gasteiger partial charge < -0.3 is 14.2 Å². The van der Waals surface area contributed by atoms with Crippen LogP contribution in [0.2, 0.25) is 0 Å². The van der Waals surface area contributed by atoms with Crippen LogP contribution < -0.4 is 14.2 Å². The third-order valence-electron chi connectivity index (χ3n) is 2.05. The Labute approximate surface area is 89.4 Å². The minimum Gasteiger partial charge on any atom is -0.493 e. The molecule has 0 bridgehead atoms. The second-order valence-corrected chi connectivity index (χ2v) is 3.27. The Morgan fingerprint density at radius 2 is 1.57 bits per heavy atom. The molecule has 0 heterocycles. The topological polar surface area (TPSA) is 27.7 Å². The summed E-state index contributed by atoms with van der Waals surface area (Å²) in [5.41, 5.74) is 0.938. The Kier molecular flexibility index (Phi) is 3.52. The molecule has 78 valence electrons. The van der Waals surface area contributed by atoms with Gasteiger partial charge in [0.15, 0.2) is 11.5 Å². The monoisotopic (exact) mass is 214 g/mol. The average molecular weight is 214 g/mol. The van der Waals surface area contributed by atoms with Gasteiger partial charge in [-0.1, -0.05) is 0 Å². The standard InChI is InChI=1S/C10H14O3S/c1-6-8(14)5-7(11-2)10(13-4)9(6)12-3/h5,14H,1-4H3. The molecule has 0 aliphatic rings. The summed E-state index contributed by atoms with van der Waals surface area (Å²) in [7, 11) is 4.76. The number of rotatable bonds is 3. The van der Waals surface area contributed by atoms with Gasteiger partial charge in [0.25, 0.3) is 0 Å². The number of methoxy groups -OCH3 is 3. The molecule has 1 aromatic rings. The van der Waals surface area contributed by atoms with Crippen LogP contribution in [0.5, 0.6) is 17.2 Å². The smallest absolute Gasteiger partial charge is 0.203 e. The van der Waals surface area contributed by atoms with Gasteiger partial charge in [-0.05, 0) is 13.0 Å². The SMILES string of the molecule is COc1cc(S)c(C)c(OC)c1OC. The fraction of sp³-hybridized carbons (Fsp3) is 0.400. The van der Waals surface area contributed by atoms with E-state index < -0.39 is 0 Å². The van der Waals surface area contributed by atoms with Crippen LogP contribution >= 0.6 is 12.6 Å². The molecule has 0 radical (unpaired) electrons. The summed E-state index contributed by atoms with van der Waals surface area (Å²) in [5, 5.41) is 0. The van der Waals surface area contributed by atoms with Gasteiger partial charge in [0, 0.05) is 10.5 Å². The maximum Gasteiger partial charge on any atom is 0.203 e. The molecular formula is C10H14O3S. The van der Waals surface area contributed by atoms with Gasteiger partial charge in [-0.25, -0.2) is 0 Å². The van der Waals surface area contributed by atoms with E-state index in [0.29, 0.717) is 17.2 Å². The van der Waals surface area contributed by atoms with E-state index in [9.17, 15) is 0 Å². The Bertz CT molecular complexity index is 337. The van der Waals surface area contributed by atoms with E-state index in [2.05, 4.69) is 12.6 Å². The number of thiol groups is 1. The van der Waals surface area contributed by atoms with Gasteiger partial charge in [0.2, 0.25) is 5.75 Å². The predicted octanol–water partition coefficient (Wildman–Crippen LogP) is 2.31. The number of hydrogen-bond donors (Lipinski definition) is 1. The maximum atomic E-state index is 5.24. The van der Waals surface area contributed by atoms with Gasteiger partial charge in [-0.3, -0.25) is 0 Å². The largest absolute Gasteiger partial charge is 0.493 e. The second kappa shape index (κ2) is 4.46. The molecule has 0 amide bonds. The van der Waals surface area contributed by atoms with E-state index in [1.165, 1.54) is 0 Å². The molecule has 1 aromatic carbocycles. The van der Waals surface area contributed by atoms with Crippen LogP contribution in [0.4, 0.5) is 0 Å². The molecule has 0 fully saturated rings. The quantitative estimate of drug-likeness (QED) is 0.782. The van der Waals surface area contributed by atoms with Crippen molar-refractivity contribution >= 4 is 12.6 Å². The molecule has 0 unspecified atom stereocenters. The first-order valence-electron chi connectivity index (χ1n) is 4.14. The molecule has 4 heteroatoms. The summed E-state index contributed by atoms with van der Waals surface area (Å²) in [5.74, 6) is 1.89. The van der Waals surface area contributed by atoms with Crippen LogP contribution in [0.25, 0.3) is 0 Å². The molecular weight excluding hydrogens is 200 g/mol. The first kappa shape index (κ1) is 11.0. The zero-order valence-corrected chi connectivity index (χ0v) is 9.64. The highest BCUT2D eigenvalue weighted by Gasteiger charge is 2.15. The molecule has 0 atom stereocenters. The molecule has 3 nitrogen and oxygen atoms in total. The van der Waals surface area contributed by atoms with Crippen LogP contribution in [0.1, 0.15) is 5.56 Å². The van der Waals surface area contributed by atoms with Gasteiger partial charge >= 0.3 is 0 Å². The fourth-order valence-corrected chi connectivity index (χ4v) is 1.51. The van der Waals surface area contributed by atoms with Gasteiger partial charge in [0.1, 0.15) is 0 Å². The lowest BCUT2D eigenvalue weighted by Gasteiger charge is -2.15. The van der Waals surface area contributed by atoms with Crippen molar-refractivity contribution in [2.75, 3.05) is 21.3 Å². The molecule has 0 spiro atoms. The predicted molar refractivity (Wildman–Crippen MR) is 58.1 cm³/mol. The fourth-order valence-electron chi connectivity index (χ4n) is 1.29. The summed E-state index contributed by atoms with van der Waals surface area (Å²) in [6, 6.07) is 1.81. The van der Waals surface area contributed by atoms with E-state index in [0.717, 1.165) is 10.5 Å². The molecule has 0 N–H and O–H groups in total. The van der Waals surface area contributed by atoms with Crippen molar-refractivity contribution in [3.8, 4) is 17.2 Å². The van der Waals surface area contributed by atoms with Crippen LogP contribution in [-0.2, 0) is 0 Å². The number of ether oxygens (including phenoxy) is 3.